The van der Waals surface area contributed by atoms with E-state index in [1.54, 1.807) is 4.90 Å². The van der Waals surface area contributed by atoms with E-state index in [1.165, 1.54) is 0 Å². The predicted octanol–water partition coefficient (Wildman–Crippen LogP) is 1.03. The zero-order valence-electron chi connectivity index (χ0n) is 12.4. The van der Waals surface area contributed by atoms with Gasteiger partial charge in [-0.3, -0.25) is 9.59 Å². The molecule has 2 aliphatic rings. The Morgan fingerprint density at radius 2 is 2.05 bits per heavy atom. The third kappa shape index (κ3) is 4.74. The molecule has 0 spiro atoms. The fourth-order valence-electron chi connectivity index (χ4n) is 2.98. The Morgan fingerprint density at radius 3 is 2.64 bits per heavy atom. The van der Waals surface area contributed by atoms with Gasteiger partial charge in [-0.15, -0.1) is 12.4 Å². The first kappa shape index (κ1) is 19.0. The van der Waals surface area contributed by atoms with Crippen molar-refractivity contribution in [2.75, 3.05) is 33.2 Å². The summed E-state index contributed by atoms with van der Waals surface area (Å²) in [6.45, 7) is -0.229. The van der Waals surface area contributed by atoms with Crippen molar-refractivity contribution < 1.29 is 22.8 Å². The van der Waals surface area contributed by atoms with Crippen molar-refractivity contribution in [3.05, 3.63) is 0 Å². The highest BCUT2D eigenvalue weighted by atomic mass is 35.5. The van der Waals surface area contributed by atoms with Gasteiger partial charge in [-0.2, -0.15) is 13.2 Å². The Balaban J connectivity index is 0.00000242. The zero-order valence-corrected chi connectivity index (χ0v) is 13.2. The van der Waals surface area contributed by atoms with E-state index in [0.29, 0.717) is 13.1 Å². The number of piperidine rings is 1. The average Bonchev–Trinajstić information content (AvgIpc) is 2.77. The third-order valence-electron chi connectivity index (χ3n) is 4.08. The van der Waals surface area contributed by atoms with Crippen LogP contribution in [0.15, 0.2) is 0 Å². The van der Waals surface area contributed by atoms with Crippen molar-refractivity contribution in [3.63, 3.8) is 0 Å². The van der Waals surface area contributed by atoms with Crippen LogP contribution in [0.4, 0.5) is 13.2 Å². The summed E-state index contributed by atoms with van der Waals surface area (Å²) in [5, 5.41) is 3.11. The van der Waals surface area contributed by atoms with E-state index in [9.17, 15) is 22.8 Å². The highest BCUT2D eigenvalue weighted by Gasteiger charge is 2.42. The molecular formula is C13H21ClF3N3O2. The van der Waals surface area contributed by atoms with Gasteiger partial charge in [-0.05, 0) is 19.9 Å². The summed E-state index contributed by atoms with van der Waals surface area (Å²) < 4.78 is 37.1. The van der Waals surface area contributed by atoms with Crippen LogP contribution < -0.4 is 5.32 Å². The second-order valence-electron chi connectivity index (χ2n) is 5.70. The predicted molar refractivity (Wildman–Crippen MR) is 76.7 cm³/mol. The molecule has 2 heterocycles. The monoisotopic (exact) mass is 343 g/mol. The lowest BCUT2D eigenvalue weighted by Crippen LogP contribution is -2.49. The summed E-state index contributed by atoms with van der Waals surface area (Å²) in [6, 6.07) is 0.214. The normalized spacial score (nSPS) is 26.1. The van der Waals surface area contributed by atoms with E-state index in [1.807, 2.05) is 7.05 Å². The number of hydrogen-bond acceptors (Lipinski definition) is 3. The Morgan fingerprint density at radius 1 is 1.36 bits per heavy atom. The molecule has 9 heteroatoms. The average molecular weight is 344 g/mol. The van der Waals surface area contributed by atoms with E-state index >= 15 is 0 Å². The first-order chi connectivity index (χ1) is 9.80. The van der Waals surface area contributed by atoms with Gasteiger partial charge in [0, 0.05) is 32.1 Å². The molecule has 128 valence electrons. The lowest BCUT2D eigenvalue weighted by molar-refractivity contribution is -0.157. The van der Waals surface area contributed by atoms with E-state index in [-0.39, 0.29) is 37.3 Å². The maximum Gasteiger partial charge on any atom is 0.406 e. The molecule has 5 nitrogen and oxygen atoms in total. The molecule has 0 saturated carbocycles. The number of nitrogens with zero attached hydrogens (tertiary/aromatic N) is 2. The maximum absolute atomic E-state index is 12.4. The second kappa shape index (κ2) is 7.50. The molecule has 0 aliphatic carbocycles. The van der Waals surface area contributed by atoms with Crippen LogP contribution in [0, 0.1) is 5.92 Å². The van der Waals surface area contributed by atoms with Crippen LogP contribution in [0.5, 0.6) is 0 Å². The van der Waals surface area contributed by atoms with Crippen LogP contribution in [0.1, 0.15) is 19.3 Å². The topological polar surface area (TPSA) is 52.7 Å². The quantitative estimate of drug-likeness (QED) is 0.832. The summed E-state index contributed by atoms with van der Waals surface area (Å²) in [5.74, 6) is -1.43. The fourth-order valence-corrected chi connectivity index (χ4v) is 2.98. The van der Waals surface area contributed by atoms with Gasteiger partial charge >= 0.3 is 6.18 Å². The smallest absolute Gasteiger partial charge is 0.341 e. The molecule has 2 unspecified atom stereocenters. The molecule has 2 atom stereocenters. The van der Waals surface area contributed by atoms with Crippen molar-refractivity contribution in [3.8, 4) is 0 Å². The Hall–Kier alpha value is -1.02. The number of carbonyl (C=O) groups excluding carboxylic acids is 2. The standard InChI is InChI=1S/C13H20F3N3O2.ClH/c1-17-10-3-2-4-18(7-10)12(21)9-5-11(20)19(6-9)8-13(14,15)16;/h9-10,17H,2-8H2,1H3;1H. The van der Waals surface area contributed by atoms with Gasteiger partial charge in [0.05, 0.1) is 5.92 Å². The summed E-state index contributed by atoms with van der Waals surface area (Å²) >= 11 is 0. The number of amides is 2. The van der Waals surface area contributed by atoms with Gasteiger partial charge in [-0.1, -0.05) is 0 Å². The Labute approximate surface area is 133 Å². The van der Waals surface area contributed by atoms with Crippen molar-refractivity contribution in [2.24, 2.45) is 5.92 Å². The maximum atomic E-state index is 12.4. The Bertz CT molecular complexity index is 420. The van der Waals surface area contributed by atoms with Crippen LogP contribution in [-0.4, -0.2) is 67.1 Å². The molecule has 2 amide bonds. The van der Waals surface area contributed by atoms with Gasteiger partial charge in [0.2, 0.25) is 11.8 Å². The molecule has 0 aromatic carbocycles. The first-order valence-corrected chi connectivity index (χ1v) is 7.10. The molecule has 22 heavy (non-hydrogen) atoms. The SMILES string of the molecule is CNC1CCCN(C(=O)C2CC(=O)N(CC(F)(F)F)C2)C1.Cl. The Kier molecular flexibility index (Phi) is 6.49. The number of rotatable bonds is 3. The number of nitrogens with one attached hydrogen (secondary N) is 1. The molecule has 2 fully saturated rings. The zero-order chi connectivity index (χ0) is 15.6. The van der Waals surface area contributed by atoms with E-state index in [0.717, 1.165) is 17.7 Å². The highest BCUT2D eigenvalue weighted by Crippen LogP contribution is 2.26. The molecule has 0 aromatic heterocycles. The van der Waals surface area contributed by atoms with Gasteiger partial charge in [0.15, 0.2) is 0 Å². The van der Waals surface area contributed by atoms with Crippen molar-refractivity contribution in [2.45, 2.75) is 31.5 Å². The van der Waals surface area contributed by atoms with Gasteiger partial charge < -0.3 is 15.1 Å². The molecule has 2 aliphatic heterocycles. The number of carbonyl (C=O) groups is 2. The lowest BCUT2D eigenvalue weighted by atomic mass is 10.0. The number of halogens is 4. The number of likely N-dealkylation sites (N-methyl/N-ethyl adjacent to an activating group) is 1. The van der Waals surface area contributed by atoms with E-state index in [2.05, 4.69) is 5.32 Å². The van der Waals surface area contributed by atoms with Crippen LogP contribution in [0.25, 0.3) is 0 Å². The van der Waals surface area contributed by atoms with Gasteiger partial charge in [0.1, 0.15) is 6.54 Å². The fraction of sp³-hybridized carbons (Fsp3) is 0.846. The molecule has 2 saturated heterocycles. The third-order valence-corrected chi connectivity index (χ3v) is 4.08. The molecule has 0 bridgehead atoms. The van der Waals surface area contributed by atoms with Crippen LogP contribution in [-0.2, 0) is 9.59 Å². The second-order valence-corrected chi connectivity index (χ2v) is 5.70. The number of hydrogen-bond donors (Lipinski definition) is 1. The molecule has 2 rings (SSSR count). The highest BCUT2D eigenvalue weighted by molar-refractivity contribution is 5.89. The van der Waals surface area contributed by atoms with Gasteiger partial charge in [0.25, 0.3) is 0 Å². The molecular weight excluding hydrogens is 323 g/mol. The molecule has 0 radical (unpaired) electrons. The number of likely N-dealkylation sites (tertiary alicyclic amines) is 2. The summed E-state index contributed by atoms with van der Waals surface area (Å²) in [4.78, 5) is 26.4. The van der Waals surface area contributed by atoms with Crippen molar-refractivity contribution in [1.82, 2.24) is 15.1 Å². The van der Waals surface area contributed by atoms with E-state index in [4.69, 9.17) is 0 Å². The van der Waals surface area contributed by atoms with E-state index < -0.39 is 24.5 Å². The minimum atomic E-state index is -4.42. The van der Waals surface area contributed by atoms with Crippen LogP contribution in [0.3, 0.4) is 0 Å². The van der Waals surface area contributed by atoms with Crippen LogP contribution in [0.2, 0.25) is 0 Å². The van der Waals surface area contributed by atoms with Crippen LogP contribution >= 0.6 is 12.4 Å². The van der Waals surface area contributed by atoms with Gasteiger partial charge in [-0.25, -0.2) is 0 Å². The largest absolute Gasteiger partial charge is 0.406 e. The van der Waals surface area contributed by atoms with Crippen molar-refractivity contribution >= 4 is 24.2 Å². The van der Waals surface area contributed by atoms with Crippen molar-refractivity contribution in [1.29, 1.82) is 0 Å². The molecule has 0 aromatic rings. The summed E-state index contributed by atoms with van der Waals surface area (Å²) in [5.41, 5.74) is 0. The first-order valence-electron chi connectivity index (χ1n) is 7.10. The minimum Gasteiger partial charge on any atom is -0.341 e. The summed E-state index contributed by atoms with van der Waals surface area (Å²) in [7, 11) is 1.82. The summed E-state index contributed by atoms with van der Waals surface area (Å²) in [6.07, 6.45) is -2.69. The lowest BCUT2D eigenvalue weighted by Gasteiger charge is -2.34. The number of alkyl halides is 3. The molecule has 1 N–H and O–H groups in total. The minimum absolute atomic E-state index is 0.